The van der Waals surface area contributed by atoms with Gasteiger partial charge in [0.25, 0.3) is 0 Å². The number of hydrogen-bond donors (Lipinski definition) is 2. The van der Waals surface area contributed by atoms with E-state index in [1.165, 1.54) is 23.3 Å². The number of benzene rings is 2. The summed E-state index contributed by atoms with van der Waals surface area (Å²) in [6.07, 6.45) is 2.03. The van der Waals surface area contributed by atoms with Gasteiger partial charge in [0.15, 0.2) is 5.11 Å². The SMILES string of the molecule is Cc1ccc(CCCNC(=S)Nc2ccc(F)cc2)cc1. The summed E-state index contributed by atoms with van der Waals surface area (Å²) in [7, 11) is 0. The topological polar surface area (TPSA) is 24.1 Å². The minimum atomic E-state index is -0.252. The van der Waals surface area contributed by atoms with Gasteiger partial charge >= 0.3 is 0 Å². The van der Waals surface area contributed by atoms with Crippen LogP contribution in [0.1, 0.15) is 17.5 Å². The van der Waals surface area contributed by atoms with Gasteiger partial charge in [-0.1, -0.05) is 29.8 Å². The van der Waals surface area contributed by atoms with Gasteiger partial charge in [-0.15, -0.1) is 0 Å². The molecule has 4 heteroatoms. The van der Waals surface area contributed by atoms with Crippen LogP contribution in [0.4, 0.5) is 10.1 Å². The van der Waals surface area contributed by atoms with E-state index in [1.54, 1.807) is 12.1 Å². The fourth-order valence-electron chi connectivity index (χ4n) is 1.96. The lowest BCUT2D eigenvalue weighted by Crippen LogP contribution is -2.29. The molecule has 0 aromatic heterocycles. The van der Waals surface area contributed by atoms with Gasteiger partial charge in [-0.3, -0.25) is 0 Å². The number of nitrogens with one attached hydrogen (secondary N) is 2. The van der Waals surface area contributed by atoms with Crippen molar-refractivity contribution in [3.8, 4) is 0 Å². The van der Waals surface area contributed by atoms with Gasteiger partial charge in [-0.2, -0.15) is 0 Å². The van der Waals surface area contributed by atoms with Crippen LogP contribution in [0.5, 0.6) is 0 Å². The number of aryl methyl sites for hydroxylation is 2. The Bertz CT molecular complexity index is 579. The zero-order valence-corrected chi connectivity index (χ0v) is 12.8. The van der Waals surface area contributed by atoms with E-state index in [0.717, 1.165) is 25.1 Å². The number of rotatable bonds is 5. The maximum Gasteiger partial charge on any atom is 0.170 e. The first-order valence-electron chi connectivity index (χ1n) is 6.99. The number of anilines is 1. The summed E-state index contributed by atoms with van der Waals surface area (Å²) in [5, 5.41) is 6.74. The molecule has 0 atom stereocenters. The highest BCUT2D eigenvalue weighted by Crippen LogP contribution is 2.08. The summed E-state index contributed by atoms with van der Waals surface area (Å²) in [6.45, 7) is 2.89. The van der Waals surface area contributed by atoms with Crippen molar-refractivity contribution >= 4 is 23.0 Å². The molecule has 2 N–H and O–H groups in total. The summed E-state index contributed by atoms with van der Waals surface area (Å²) >= 11 is 5.20. The lowest BCUT2D eigenvalue weighted by Gasteiger charge is -2.10. The van der Waals surface area contributed by atoms with Crippen molar-refractivity contribution in [1.29, 1.82) is 0 Å². The van der Waals surface area contributed by atoms with Crippen LogP contribution in [0.15, 0.2) is 48.5 Å². The molecule has 2 nitrogen and oxygen atoms in total. The summed E-state index contributed by atoms with van der Waals surface area (Å²) < 4.78 is 12.8. The molecule has 0 spiro atoms. The molecule has 2 aromatic rings. The van der Waals surface area contributed by atoms with E-state index < -0.39 is 0 Å². The van der Waals surface area contributed by atoms with E-state index >= 15 is 0 Å². The highest BCUT2D eigenvalue weighted by molar-refractivity contribution is 7.80. The van der Waals surface area contributed by atoms with Crippen LogP contribution < -0.4 is 10.6 Å². The van der Waals surface area contributed by atoms with Gasteiger partial charge in [0.05, 0.1) is 0 Å². The van der Waals surface area contributed by atoms with Gasteiger partial charge < -0.3 is 10.6 Å². The molecule has 2 rings (SSSR count). The Morgan fingerprint density at radius 3 is 2.38 bits per heavy atom. The van der Waals surface area contributed by atoms with Crippen molar-refractivity contribution in [2.75, 3.05) is 11.9 Å². The van der Waals surface area contributed by atoms with E-state index in [1.807, 2.05) is 0 Å². The first-order chi connectivity index (χ1) is 10.1. The van der Waals surface area contributed by atoms with E-state index in [-0.39, 0.29) is 5.82 Å². The Labute approximate surface area is 130 Å². The molecular weight excluding hydrogens is 283 g/mol. The maximum atomic E-state index is 12.8. The molecule has 0 aliphatic rings. The normalized spacial score (nSPS) is 10.2. The van der Waals surface area contributed by atoms with Gasteiger partial charge in [-0.05, 0) is 61.8 Å². The lowest BCUT2D eigenvalue weighted by atomic mass is 10.1. The molecule has 0 saturated heterocycles. The van der Waals surface area contributed by atoms with Crippen molar-refractivity contribution < 1.29 is 4.39 Å². The Morgan fingerprint density at radius 1 is 1.05 bits per heavy atom. The van der Waals surface area contributed by atoms with Crippen LogP contribution in [-0.4, -0.2) is 11.7 Å². The fourth-order valence-corrected chi connectivity index (χ4v) is 2.18. The van der Waals surface area contributed by atoms with Crippen LogP contribution >= 0.6 is 12.2 Å². The summed E-state index contributed by atoms with van der Waals surface area (Å²) in [6, 6.07) is 14.7. The molecule has 0 unspecified atom stereocenters. The average molecular weight is 302 g/mol. The zero-order chi connectivity index (χ0) is 15.1. The average Bonchev–Trinajstić information content (AvgIpc) is 2.48. The Morgan fingerprint density at radius 2 is 1.71 bits per heavy atom. The monoisotopic (exact) mass is 302 g/mol. The van der Waals surface area contributed by atoms with Crippen molar-refractivity contribution in [3.05, 3.63) is 65.5 Å². The van der Waals surface area contributed by atoms with E-state index in [0.29, 0.717) is 5.11 Å². The Hall–Kier alpha value is -1.94. The van der Waals surface area contributed by atoms with Crippen molar-refractivity contribution in [2.45, 2.75) is 19.8 Å². The highest BCUT2D eigenvalue weighted by atomic mass is 32.1. The van der Waals surface area contributed by atoms with Crippen molar-refractivity contribution in [3.63, 3.8) is 0 Å². The second kappa shape index (κ2) is 7.74. The Balaban J connectivity index is 1.67. The van der Waals surface area contributed by atoms with Crippen LogP contribution in [0.3, 0.4) is 0 Å². The van der Waals surface area contributed by atoms with E-state index in [4.69, 9.17) is 12.2 Å². The lowest BCUT2D eigenvalue weighted by molar-refractivity contribution is 0.628. The quantitative estimate of drug-likeness (QED) is 0.643. The molecule has 0 saturated carbocycles. The molecule has 0 aliphatic carbocycles. The predicted molar refractivity (Wildman–Crippen MR) is 90.1 cm³/mol. The largest absolute Gasteiger partial charge is 0.362 e. The van der Waals surface area contributed by atoms with Gasteiger partial charge in [0, 0.05) is 12.2 Å². The van der Waals surface area contributed by atoms with E-state index in [9.17, 15) is 4.39 Å². The molecule has 0 bridgehead atoms. The molecule has 2 aromatic carbocycles. The molecule has 0 fully saturated rings. The third-order valence-electron chi connectivity index (χ3n) is 3.15. The van der Waals surface area contributed by atoms with Crippen LogP contribution in [0.2, 0.25) is 0 Å². The number of thiocarbonyl (C=S) groups is 1. The Kier molecular flexibility index (Phi) is 5.69. The standard InChI is InChI=1S/C17H19FN2S/c1-13-4-6-14(7-5-13)3-2-12-19-17(21)20-16-10-8-15(18)9-11-16/h4-11H,2-3,12H2,1H3,(H2,19,20,21). The second-order valence-electron chi connectivity index (χ2n) is 4.98. The molecule has 0 heterocycles. The minimum Gasteiger partial charge on any atom is -0.362 e. The maximum absolute atomic E-state index is 12.8. The van der Waals surface area contributed by atoms with Crippen LogP contribution in [0, 0.1) is 12.7 Å². The third-order valence-corrected chi connectivity index (χ3v) is 3.40. The van der Waals surface area contributed by atoms with Gasteiger partial charge in [0.2, 0.25) is 0 Å². The van der Waals surface area contributed by atoms with Crippen molar-refractivity contribution in [2.24, 2.45) is 0 Å². The second-order valence-corrected chi connectivity index (χ2v) is 5.39. The predicted octanol–water partition coefficient (Wildman–Crippen LogP) is 4.05. The van der Waals surface area contributed by atoms with E-state index in [2.05, 4.69) is 41.8 Å². The smallest absolute Gasteiger partial charge is 0.170 e. The molecule has 110 valence electrons. The van der Waals surface area contributed by atoms with Crippen LogP contribution in [0.25, 0.3) is 0 Å². The summed E-state index contributed by atoms with van der Waals surface area (Å²) in [4.78, 5) is 0. The van der Waals surface area contributed by atoms with Crippen molar-refractivity contribution in [1.82, 2.24) is 5.32 Å². The molecular formula is C17H19FN2S. The first kappa shape index (κ1) is 15.4. The molecule has 0 aliphatic heterocycles. The zero-order valence-electron chi connectivity index (χ0n) is 12.0. The third kappa shape index (κ3) is 5.52. The number of hydrogen-bond acceptors (Lipinski definition) is 1. The molecule has 21 heavy (non-hydrogen) atoms. The summed E-state index contributed by atoms with van der Waals surface area (Å²) in [5.41, 5.74) is 3.40. The first-order valence-corrected chi connectivity index (χ1v) is 7.40. The fraction of sp³-hybridized carbons (Fsp3) is 0.235. The molecule has 0 amide bonds. The number of halogens is 1. The minimum absolute atomic E-state index is 0.252. The molecule has 0 radical (unpaired) electrons. The van der Waals surface area contributed by atoms with Crippen LogP contribution in [-0.2, 0) is 6.42 Å². The summed E-state index contributed by atoms with van der Waals surface area (Å²) in [5.74, 6) is -0.252. The highest BCUT2D eigenvalue weighted by Gasteiger charge is 1.98. The van der Waals surface area contributed by atoms with Gasteiger partial charge in [-0.25, -0.2) is 4.39 Å². The van der Waals surface area contributed by atoms with Gasteiger partial charge in [0.1, 0.15) is 5.82 Å².